The van der Waals surface area contributed by atoms with E-state index in [0.29, 0.717) is 5.57 Å². The molecule has 1 aliphatic rings. The lowest BCUT2D eigenvalue weighted by Gasteiger charge is -1.99. The molecule has 0 fully saturated rings. The van der Waals surface area contributed by atoms with E-state index < -0.39 is 0 Å². The maximum Gasteiger partial charge on any atom is 0.136 e. The minimum atomic E-state index is 0.688. The van der Waals surface area contributed by atoms with Crippen LogP contribution in [-0.4, -0.2) is 4.98 Å². The van der Waals surface area contributed by atoms with E-state index in [-0.39, 0.29) is 0 Å². The van der Waals surface area contributed by atoms with Gasteiger partial charge in [-0.1, -0.05) is 53.9 Å². The Morgan fingerprint density at radius 2 is 1.76 bits per heavy atom. The third-order valence-electron chi connectivity index (χ3n) is 3.09. The summed E-state index contributed by atoms with van der Waals surface area (Å²) in [6, 6.07) is 12.4. The zero-order valence-corrected chi connectivity index (χ0v) is 14.0. The predicted octanol–water partition coefficient (Wildman–Crippen LogP) is 5.73. The van der Waals surface area contributed by atoms with E-state index in [2.05, 4.69) is 24.9 Å². The second-order valence-corrected chi connectivity index (χ2v) is 8.06. The highest BCUT2D eigenvalue weighted by Gasteiger charge is 2.21. The summed E-state index contributed by atoms with van der Waals surface area (Å²) in [6.07, 6.45) is 0. The van der Waals surface area contributed by atoms with Crippen molar-refractivity contribution < 1.29 is 0 Å². The summed E-state index contributed by atoms with van der Waals surface area (Å²) in [7, 11) is 0. The number of nitrogens with zero attached hydrogens (tertiary/aromatic N) is 2. The highest BCUT2D eigenvalue weighted by molar-refractivity contribution is 8.28. The minimum Gasteiger partial charge on any atom is -0.235 e. The first-order valence-electron chi connectivity index (χ1n) is 6.38. The van der Waals surface area contributed by atoms with Crippen molar-refractivity contribution in [3.05, 3.63) is 54.8 Å². The zero-order chi connectivity index (χ0) is 14.8. The second-order valence-electron chi connectivity index (χ2n) is 4.49. The lowest BCUT2D eigenvalue weighted by atomic mass is 10.2. The Kier molecular flexibility index (Phi) is 4.20. The van der Waals surface area contributed by atoms with Crippen molar-refractivity contribution in [3.8, 4) is 17.3 Å². The molecular weight excluding hydrogens is 316 g/mol. The largest absolute Gasteiger partial charge is 0.235 e. The standard InChI is InChI=1S/C16H12N2S3/c1-10-11(2)21-16(20-10)13(8-17)15-18-14(9-19-15)12-6-4-3-5-7-12/h3-7,9H,1-2H3. The van der Waals surface area contributed by atoms with Gasteiger partial charge in [0.05, 0.1) is 9.93 Å². The fraction of sp³-hybridized carbons (Fsp3) is 0.125. The van der Waals surface area contributed by atoms with Crippen molar-refractivity contribution in [1.82, 2.24) is 4.98 Å². The van der Waals surface area contributed by atoms with Crippen LogP contribution in [0, 0.1) is 11.3 Å². The van der Waals surface area contributed by atoms with Gasteiger partial charge in [-0.2, -0.15) is 5.26 Å². The third-order valence-corrected chi connectivity index (χ3v) is 6.58. The quantitative estimate of drug-likeness (QED) is 0.659. The smallest absolute Gasteiger partial charge is 0.136 e. The molecule has 0 unspecified atom stereocenters. The van der Waals surface area contributed by atoms with Crippen molar-refractivity contribution in [2.24, 2.45) is 0 Å². The molecule has 2 aromatic rings. The summed E-state index contributed by atoms with van der Waals surface area (Å²) < 4.78 is 1.04. The number of rotatable bonds is 2. The maximum absolute atomic E-state index is 9.51. The SMILES string of the molecule is CC1=C(C)SC(=C(C#N)c2nc(-c3ccccc3)cs2)S1. The Balaban J connectivity index is 1.96. The molecule has 0 saturated carbocycles. The molecule has 0 bridgehead atoms. The molecule has 3 rings (SSSR count). The highest BCUT2D eigenvalue weighted by Crippen LogP contribution is 2.51. The Morgan fingerprint density at radius 3 is 2.38 bits per heavy atom. The van der Waals surface area contributed by atoms with Crippen LogP contribution in [0.15, 0.2) is 49.8 Å². The highest BCUT2D eigenvalue weighted by atomic mass is 32.2. The summed E-state index contributed by atoms with van der Waals surface area (Å²) in [5, 5.41) is 12.3. The first-order valence-corrected chi connectivity index (χ1v) is 8.89. The molecule has 1 aromatic carbocycles. The van der Waals surface area contributed by atoms with Crippen molar-refractivity contribution in [1.29, 1.82) is 5.26 Å². The van der Waals surface area contributed by atoms with Crippen molar-refractivity contribution in [2.45, 2.75) is 13.8 Å². The third kappa shape index (κ3) is 2.93. The topological polar surface area (TPSA) is 36.7 Å². The molecule has 1 aromatic heterocycles. The van der Waals surface area contributed by atoms with Crippen molar-refractivity contribution in [2.75, 3.05) is 0 Å². The van der Waals surface area contributed by atoms with Crippen molar-refractivity contribution >= 4 is 40.4 Å². The molecule has 2 heterocycles. The minimum absolute atomic E-state index is 0.688. The van der Waals surface area contributed by atoms with E-state index in [9.17, 15) is 5.26 Å². The van der Waals surface area contributed by atoms with E-state index in [1.54, 1.807) is 23.5 Å². The molecule has 5 heteroatoms. The number of hydrogen-bond acceptors (Lipinski definition) is 5. The molecule has 1 aliphatic heterocycles. The summed E-state index contributed by atoms with van der Waals surface area (Å²) in [5.41, 5.74) is 2.70. The molecule has 0 radical (unpaired) electrons. The summed E-state index contributed by atoms with van der Waals surface area (Å²) >= 11 is 4.87. The fourth-order valence-electron chi connectivity index (χ4n) is 1.86. The van der Waals surface area contributed by atoms with Crippen molar-refractivity contribution in [3.63, 3.8) is 0 Å². The average molecular weight is 328 g/mol. The molecule has 0 amide bonds. The second kappa shape index (κ2) is 6.10. The van der Waals surface area contributed by atoms with Crippen LogP contribution in [0.4, 0.5) is 0 Å². The number of nitriles is 1. The van der Waals surface area contributed by atoms with Crippen LogP contribution in [0.25, 0.3) is 16.8 Å². The molecule has 0 saturated heterocycles. The van der Waals surface area contributed by atoms with E-state index >= 15 is 0 Å². The van der Waals surface area contributed by atoms with Gasteiger partial charge in [0.2, 0.25) is 0 Å². The predicted molar refractivity (Wildman–Crippen MR) is 93.6 cm³/mol. The summed E-state index contributed by atoms with van der Waals surface area (Å²) in [6.45, 7) is 4.18. The summed E-state index contributed by atoms with van der Waals surface area (Å²) in [4.78, 5) is 7.17. The first kappa shape index (κ1) is 14.5. The molecule has 0 spiro atoms. The van der Waals surface area contributed by atoms with Crippen LogP contribution in [0.2, 0.25) is 0 Å². The number of aromatic nitrogens is 1. The number of hydrogen-bond donors (Lipinski definition) is 0. The van der Waals surface area contributed by atoms with E-state index in [1.807, 2.05) is 35.7 Å². The van der Waals surface area contributed by atoms with Crippen LogP contribution in [-0.2, 0) is 0 Å². The van der Waals surface area contributed by atoms with Gasteiger partial charge in [-0.05, 0) is 23.7 Å². The van der Waals surface area contributed by atoms with Crippen LogP contribution >= 0.6 is 34.9 Å². The van der Waals surface area contributed by atoms with Gasteiger partial charge in [0.15, 0.2) is 0 Å². The zero-order valence-electron chi connectivity index (χ0n) is 11.6. The molecule has 0 aliphatic carbocycles. The number of thiazole rings is 1. The van der Waals surface area contributed by atoms with Gasteiger partial charge in [-0.25, -0.2) is 4.98 Å². The van der Waals surface area contributed by atoms with E-state index in [1.165, 1.54) is 21.1 Å². The number of thioether (sulfide) groups is 2. The van der Waals surface area contributed by atoms with Gasteiger partial charge in [0.25, 0.3) is 0 Å². The van der Waals surface area contributed by atoms with Gasteiger partial charge in [-0.15, -0.1) is 11.3 Å². The van der Waals surface area contributed by atoms with E-state index in [0.717, 1.165) is 20.5 Å². The van der Waals surface area contributed by atoms with Gasteiger partial charge < -0.3 is 0 Å². The summed E-state index contributed by atoms with van der Waals surface area (Å²) in [5.74, 6) is 0. The molecule has 104 valence electrons. The Morgan fingerprint density at radius 1 is 1.10 bits per heavy atom. The van der Waals surface area contributed by atoms with Crippen LogP contribution < -0.4 is 0 Å². The van der Waals surface area contributed by atoms with Crippen LogP contribution in [0.1, 0.15) is 18.9 Å². The Bertz CT molecular complexity index is 763. The van der Waals surface area contributed by atoms with Crippen LogP contribution in [0.3, 0.4) is 0 Å². The normalized spacial score (nSPS) is 14.4. The molecule has 21 heavy (non-hydrogen) atoms. The van der Waals surface area contributed by atoms with Gasteiger partial charge >= 0.3 is 0 Å². The molecular formula is C16H12N2S3. The Labute approximate surface area is 136 Å². The number of benzene rings is 1. The lowest BCUT2D eigenvalue weighted by Crippen LogP contribution is -1.83. The maximum atomic E-state index is 9.51. The lowest BCUT2D eigenvalue weighted by molar-refractivity contribution is 1.37. The van der Waals surface area contributed by atoms with Gasteiger partial charge in [0.1, 0.15) is 16.6 Å². The average Bonchev–Trinajstić information content (AvgIpc) is 3.10. The van der Waals surface area contributed by atoms with Crippen LogP contribution in [0.5, 0.6) is 0 Å². The molecule has 2 nitrogen and oxygen atoms in total. The molecule has 0 N–H and O–H groups in total. The van der Waals surface area contributed by atoms with Gasteiger partial charge in [-0.3, -0.25) is 0 Å². The monoisotopic (exact) mass is 328 g/mol. The fourth-order valence-corrected chi connectivity index (χ4v) is 5.31. The van der Waals surface area contributed by atoms with Gasteiger partial charge in [0, 0.05) is 10.9 Å². The molecule has 0 atom stereocenters. The van der Waals surface area contributed by atoms with E-state index in [4.69, 9.17) is 0 Å². The number of allylic oxidation sites excluding steroid dienone is 3. The first-order chi connectivity index (χ1) is 10.2. The Hall–Kier alpha value is -1.48.